The Kier molecular flexibility index (Phi) is 7.51. The average molecular weight is 437 g/mol. The number of nitrogens with one attached hydrogen (secondary N) is 3. The van der Waals surface area contributed by atoms with Gasteiger partial charge in [-0.05, 0) is 32.4 Å². The topological polar surface area (TPSA) is 96.8 Å². The molecule has 3 rings (SSSR count). The van der Waals surface area contributed by atoms with Crippen LogP contribution in [0, 0.1) is 5.41 Å². The molecule has 11 heteroatoms. The zero-order chi connectivity index (χ0) is 21.7. The Bertz CT molecular complexity index is 887. The van der Waals surface area contributed by atoms with Gasteiger partial charge in [0.05, 0.1) is 23.3 Å². The van der Waals surface area contributed by atoms with Crippen molar-refractivity contribution in [2.75, 3.05) is 37.8 Å². The predicted molar refractivity (Wildman–Crippen MR) is 117 cm³/mol. The van der Waals surface area contributed by atoms with Gasteiger partial charge in [-0.2, -0.15) is 0 Å². The molecule has 30 heavy (non-hydrogen) atoms. The lowest BCUT2D eigenvalue weighted by atomic mass is 10.1. The summed E-state index contributed by atoms with van der Waals surface area (Å²) < 4.78 is 28.3. The van der Waals surface area contributed by atoms with Crippen molar-refractivity contribution in [1.82, 2.24) is 29.6 Å². The first kappa shape index (κ1) is 22.3. The zero-order valence-corrected chi connectivity index (χ0v) is 18.0. The standard InChI is InChI=1S/C19H26F2N8S/c1-12(27-30-3)16-10-29(7-6-28(16)2)18-8-14(24-11-25-18)15-9-23-17(26-15)5-4-13(22)19(20)21/h4-5,8-9,11-12,16,19,22,27H,6-7,10H2,1-3H3,(H,23,26)/b5-4-,22-13?. The maximum absolute atomic E-state index is 12.4. The van der Waals surface area contributed by atoms with Crippen LogP contribution in [0.15, 0.2) is 24.7 Å². The highest BCUT2D eigenvalue weighted by atomic mass is 32.2. The molecule has 1 fully saturated rings. The number of piperazine rings is 1. The van der Waals surface area contributed by atoms with Gasteiger partial charge in [0.1, 0.15) is 18.0 Å². The van der Waals surface area contributed by atoms with Crippen molar-refractivity contribution in [3.05, 3.63) is 30.5 Å². The number of H-pyrrole nitrogens is 1. The lowest BCUT2D eigenvalue weighted by Crippen LogP contribution is -2.58. The second-order valence-corrected chi connectivity index (χ2v) is 7.78. The molecule has 2 aromatic heterocycles. The molecule has 3 heterocycles. The summed E-state index contributed by atoms with van der Waals surface area (Å²) in [6, 6.07) is 2.57. The first-order valence-corrected chi connectivity index (χ1v) is 10.8. The number of anilines is 1. The number of hydrogen-bond donors (Lipinski definition) is 3. The summed E-state index contributed by atoms with van der Waals surface area (Å²) in [7, 11) is 2.14. The SMILES string of the molecule is CSNC(C)C1CN(c2cc(-c3cnc(/C=C\C(=N)C(F)F)[nH]3)ncn2)CCN1C. The van der Waals surface area contributed by atoms with Crippen LogP contribution in [0.1, 0.15) is 12.7 Å². The summed E-state index contributed by atoms with van der Waals surface area (Å²) in [5.74, 6) is 1.22. The molecular weight excluding hydrogens is 410 g/mol. The Morgan fingerprint density at radius 1 is 1.37 bits per heavy atom. The fourth-order valence-corrected chi connectivity index (χ4v) is 3.90. The van der Waals surface area contributed by atoms with Crippen LogP contribution in [0.25, 0.3) is 17.5 Å². The highest BCUT2D eigenvalue weighted by Crippen LogP contribution is 2.22. The Hall–Kier alpha value is -2.37. The molecule has 2 unspecified atom stereocenters. The normalized spacial score (nSPS) is 19.0. The highest BCUT2D eigenvalue weighted by molar-refractivity contribution is 7.96. The third-order valence-electron chi connectivity index (χ3n) is 5.08. The number of allylic oxidation sites excluding steroid dienone is 1. The van der Waals surface area contributed by atoms with E-state index >= 15 is 0 Å². The Balaban J connectivity index is 1.74. The predicted octanol–water partition coefficient (Wildman–Crippen LogP) is 2.54. The van der Waals surface area contributed by atoms with Crippen LogP contribution in [0.3, 0.4) is 0 Å². The second kappa shape index (κ2) is 10.1. The Morgan fingerprint density at radius 3 is 2.90 bits per heavy atom. The van der Waals surface area contributed by atoms with Crippen LogP contribution in [-0.2, 0) is 0 Å². The zero-order valence-electron chi connectivity index (χ0n) is 17.1. The van der Waals surface area contributed by atoms with Crippen molar-refractivity contribution in [2.45, 2.75) is 25.4 Å². The van der Waals surface area contributed by atoms with E-state index in [1.54, 1.807) is 18.1 Å². The molecule has 8 nitrogen and oxygen atoms in total. The molecule has 0 aromatic carbocycles. The van der Waals surface area contributed by atoms with Crippen molar-refractivity contribution in [3.63, 3.8) is 0 Å². The number of nitrogens with zero attached hydrogens (tertiary/aromatic N) is 5. The van der Waals surface area contributed by atoms with Crippen LogP contribution in [-0.4, -0.2) is 82.0 Å². The molecule has 0 saturated carbocycles. The van der Waals surface area contributed by atoms with E-state index in [9.17, 15) is 8.78 Å². The minimum Gasteiger partial charge on any atom is -0.354 e. The van der Waals surface area contributed by atoms with E-state index in [1.807, 2.05) is 12.3 Å². The molecule has 162 valence electrons. The molecule has 1 aliphatic heterocycles. The number of halogens is 2. The van der Waals surface area contributed by atoms with Gasteiger partial charge in [0.15, 0.2) is 0 Å². The lowest BCUT2D eigenvalue weighted by molar-refractivity contribution is 0.190. The molecule has 0 bridgehead atoms. The van der Waals surface area contributed by atoms with Crippen molar-refractivity contribution in [3.8, 4) is 11.4 Å². The highest BCUT2D eigenvalue weighted by Gasteiger charge is 2.29. The molecule has 2 aromatic rings. The number of aromatic nitrogens is 4. The number of rotatable bonds is 8. The summed E-state index contributed by atoms with van der Waals surface area (Å²) in [5, 5.41) is 7.18. The van der Waals surface area contributed by atoms with E-state index in [4.69, 9.17) is 5.41 Å². The molecule has 0 amide bonds. The third-order valence-corrected chi connectivity index (χ3v) is 5.69. The van der Waals surface area contributed by atoms with Crippen molar-refractivity contribution >= 4 is 29.6 Å². The Morgan fingerprint density at radius 2 is 2.17 bits per heavy atom. The van der Waals surface area contributed by atoms with Crippen molar-refractivity contribution < 1.29 is 8.78 Å². The third kappa shape index (κ3) is 5.41. The molecule has 0 radical (unpaired) electrons. The summed E-state index contributed by atoms with van der Waals surface area (Å²) in [6.45, 7) is 4.82. The van der Waals surface area contributed by atoms with Gasteiger partial charge < -0.3 is 9.88 Å². The second-order valence-electron chi connectivity index (χ2n) is 7.14. The molecule has 2 atom stereocenters. The van der Waals surface area contributed by atoms with Gasteiger partial charge >= 0.3 is 0 Å². The monoisotopic (exact) mass is 436 g/mol. The van der Waals surface area contributed by atoms with E-state index < -0.39 is 12.1 Å². The first-order chi connectivity index (χ1) is 14.4. The molecule has 0 spiro atoms. The van der Waals surface area contributed by atoms with Crippen LogP contribution in [0.2, 0.25) is 0 Å². The number of imidazole rings is 1. The minimum absolute atomic E-state index is 0.322. The number of likely N-dealkylation sites (N-methyl/N-ethyl adjacent to an activating group) is 1. The first-order valence-electron chi connectivity index (χ1n) is 9.54. The van der Waals surface area contributed by atoms with Gasteiger partial charge in [0, 0.05) is 37.8 Å². The van der Waals surface area contributed by atoms with E-state index in [-0.39, 0.29) is 0 Å². The summed E-state index contributed by atoms with van der Waals surface area (Å²) >= 11 is 1.62. The van der Waals surface area contributed by atoms with E-state index in [1.165, 1.54) is 12.4 Å². The molecule has 1 aliphatic rings. The van der Waals surface area contributed by atoms with Gasteiger partial charge in [0.25, 0.3) is 6.43 Å². The smallest absolute Gasteiger partial charge is 0.279 e. The van der Waals surface area contributed by atoms with Gasteiger partial charge in [-0.25, -0.2) is 23.7 Å². The quantitative estimate of drug-likeness (QED) is 0.432. The molecule has 3 N–H and O–H groups in total. The number of aromatic amines is 1. The van der Waals surface area contributed by atoms with Crippen LogP contribution in [0.4, 0.5) is 14.6 Å². The maximum Gasteiger partial charge on any atom is 0.279 e. The summed E-state index contributed by atoms with van der Waals surface area (Å²) in [5.41, 5.74) is 0.568. The van der Waals surface area contributed by atoms with Crippen molar-refractivity contribution in [2.24, 2.45) is 0 Å². The van der Waals surface area contributed by atoms with Gasteiger partial charge in [-0.1, -0.05) is 11.9 Å². The molecular formula is C19H26F2N8S. The van der Waals surface area contributed by atoms with E-state index in [0.717, 1.165) is 31.5 Å². The van der Waals surface area contributed by atoms with E-state index in [0.29, 0.717) is 29.3 Å². The van der Waals surface area contributed by atoms with Crippen LogP contribution in [0.5, 0.6) is 0 Å². The fraction of sp³-hybridized carbons (Fsp3) is 0.474. The lowest BCUT2D eigenvalue weighted by Gasteiger charge is -2.42. The van der Waals surface area contributed by atoms with Gasteiger partial charge in [-0.15, -0.1) is 0 Å². The largest absolute Gasteiger partial charge is 0.354 e. The summed E-state index contributed by atoms with van der Waals surface area (Å²) in [6.07, 6.45) is 4.72. The van der Waals surface area contributed by atoms with Gasteiger partial charge in [0.2, 0.25) is 0 Å². The number of hydrogen-bond acceptors (Lipinski definition) is 8. The number of alkyl halides is 2. The van der Waals surface area contributed by atoms with Gasteiger partial charge in [-0.3, -0.25) is 15.0 Å². The van der Waals surface area contributed by atoms with Crippen molar-refractivity contribution in [1.29, 1.82) is 5.41 Å². The minimum atomic E-state index is -2.80. The maximum atomic E-state index is 12.4. The molecule has 0 aliphatic carbocycles. The van der Waals surface area contributed by atoms with Crippen LogP contribution >= 0.6 is 11.9 Å². The Labute approximate surface area is 178 Å². The fourth-order valence-electron chi connectivity index (χ4n) is 3.37. The summed E-state index contributed by atoms with van der Waals surface area (Å²) in [4.78, 5) is 20.6. The van der Waals surface area contributed by atoms with Crippen LogP contribution < -0.4 is 9.62 Å². The average Bonchev–Trinajstić information content (AvgIpc) is 3.21. The van der Waals surface area contributed by atoms with E-state index in [2.05, 4.69) is 48.4 Å². The molecule has 1 saturated heterocycles.